The number of rotatable bonds is 6. The van der Waals surface area contributed by atoms with E-state index < -0.39 is 29.9 Å². The van der Waals surface area contributed by atoms with E-state index in [4.69, 9.17) is 39.2 Å². The molecule has 0 bridgehead atoms. The van der Waals surface area contributed by atoms with Crippen molar-refractivity contribution in [1.29, 1.82) is 0 Å². The number of hydrogen-bond acceptors (Lipinski definition) is 7. The topological polar surface area (TPSA) is 92.4 Å². The van der Waals surface area contributed by atoms with Gasteiger partial charge in [-0.15, -0.1) is 10.2 Å². The molecule has 1 aliphatic rings. The number of nitrogens with zero attached hydrogens (tertiary/aromatic N) is 3. The Bertz CT molecular complexity index is 1300. The summed E-state index contributed by atoms with van der Waals surface area (Å²) in [7, 11) is 0. The fourth-order valence-electron chi connectivity index (χ4n) is 3.19. The number of nitrogens with one attached hydrogen (secondary N) is 2. The molecule has 35 heavy (non-hydrogen) atoms. The van der Waals surface area contributed by atoms with Gasteiger partial charge < -0.3 is 9.73 Å². The zero-order chi connectivity index (χ0) is 25.4. The lowest BCUT2D eigenvalue weighted by atomic mass is 9.85. The summed E-state index contributed by atoms with van der Waals surface area (Å²) in [5.74, 6) is -1.53. The summed E-state index contributed by atoms with van der Waals surface area (Å²) in [5.41, 5.74) is -0.551. The van der Waals surface area contributed by atoms with Gasteiger partial charge in [0.15, 0.2) is 5.54 Å². The standard InChI is InChI=1S/C20H12Cl3F4N5O2S/c21-10-3-9(4-11(22)5-10)19(20(25,26)27)7-15(29-32-19)17-30-31-18(34-17)35-8-16(33)28-12-1-2-14(24)13(23)6-12/h1-6,32H,7-8H2,(H,28,33). The van der Waals surface area contributed by atoms with Gasteiger partial charge in [0.2, 0.25) is 5.91 Å². The maximum atomic E-state index is 14.1. The van der Waals surface area contributed by atoms with Crippen LogP contribution in [0.1, 0.15) is 17.9 Å². The molecule has 1 atom stereocenters. The van der Waals surface area contributed by atoms with Crippen LogP contribution in [0.4, 0.5) is 23.2 Å². The van der Waals surface area contributed by atoms with Gasteiger partial charge in [-0.05, 0) is 42.0 Å². The van der Waals surface area contributed by atoms with E-state index in [2.05, 4.69) is 26.0 Å². The van der Waals surface area contributed by atoms with Crippen molar-refractivity contribution >= 4 is 63.9 Å². The Labute approximate surface area is 214 Å². The van der Waals surface area contributed by atoms with Crippen LogP contribution < -0.4 is 10.7 Å². The molecule has 0 saturated heterocycles. The fourth-order valence-corrected chi connectivity index (χ4v) is 4.46. The Morgan fingerprint density at radius 1 is 1.14 bits per heavy atom. The molecule has 0 radical (unpaired) electrons. The predicted molar refractivity (Wildman–Crippen MR) is 124 cm³/mol. The minimum absolute atomic E-state index is 0.0315. The minimum atomic E-state index is -4.77. The summed E-state index contributed by atoms with van der Waals surface area (Å²) < 4.78 is 61.0. The molecule has 7 nitrogen and oxygen atoms in total. The van der Waals surface area contributed by atoms with Gasteiger partial charge in [-0.3, -0.25) is 10.2 Å². The van der Waals surface area contributed by atoms with E-state index in [-0.39, 0.29) is 48.9 Å². The van der Waals surface area contributed by atoms with Gasteiger partial charge >= 0.3 is 6.18 Å². The van der Waals surface area contributed by atoms with Gasteiger partial charge in [-0.1, -0.05) is 46.6 Å². The highest BCUT2D eigenvalue weighted by Gasteiger charge is 2.60. The Morgan fingerprint density at radius 3 is 2.51 bits per heavy atom. The highest BCUT2D eigenvalue weighted by Crippen LogP contribution is 2.46. The molecule has 2 N–H and O–H groups in total. The monoisotopic (exact) mass is 567 g/mol. The van der Waals surface area contributed by atoms with Crippen LogP contribution in [-0.2, 0) is 10.3 Å². The van der Waals surface area contributed by atoms with Crippen molar-refractivity contribution in [3.05, 3.63) is 68.7 Å². The van der Waals surface area contributed by atoms with E-state index in [0.29, 0.717) is 0 Å². The first-order chi connectivity index (χ1) is 16.5. The maximum absolute atomic E-state index is 14.1. The molecular formula is C20H12Cl3F4N5O2S. The molecule has 184 valence electrons. The maximum Gasteiger partial charge on any atom is 0.417 e. The number of anilines is 1. The largest absolute Gasteiger partial charge is 0.417 e. The second-order valence-electron chi connectivity index (χ2n) is 7.25. The zero-order valence-corrected chi connectivity index (χ0v) is 20.2. The average molecular weight is 569 g/mol. The number of thioether (sulfide) groups is 1. The third kappa shape index (κ3) is 5.50. The molecule has 2 aromatic carbocycles. The molecule has 1 aliphatic heterocycles. The number of aromatic nitrogens is 2. The first kappa shape index (κ1) is 25.5. The first-order valence-electron chi connectivity index (χ1n) is 9.55. The van der Waals surface area contributed by atoms with Crippen LogP contribution in [0, 0.1) is 5.82 Å². The number of hydrogen-bond donors (Lipinski definition) is 2. The Balaban J connectivity index is 1.44. The van der Waals surface area contributed by atoms with Crippen LogP contribution in [0.2, 0.25) is 15.1 Å². The Morgan fingerprint density at radius 2 is 1.86 bits per heavy atom. The van der Waals surface area contributed by atoms with Gasteiger partial charge in [0.05, 0.1) is 10.8 Å². The van der Waals surface area contributed by atoms with Crippen molar-refractivity contribution < 1.29 is 26.8 Å². The van der Waals surface area contributed by atoms with Crippen molar-refractivity contribution in [2.45, 2.75) is 23.4 Å². The molecule has 1 aromatic heterocycles. The number of carbonyl (C=O) groups is 1. The average Bonchev–Trinajstić information content (AvgIpc) is 3.42. The van der Waals surface area contributed by atoms with Crippen molar-refractivity contribution in [2.75, 3.05) is 11.1 Å². The van der Waals surface area contributed by atoms with Crippen LogP contribution in [0.25, 0.3) is 0 Å². The first-order valence-corrected chi connectivity index (χ1v) is 11.7. The summed E-state index contributed by atoms with van der Waals surface area (Å²) in [4.78, 5) is 12.1. The van der Waals surface area contributed by atoms with E-state index in [0.717, 1.165) is 30.0 Å². The van der Waals surface area contributed by atoms with Crippen molar-refractivity contribution in [3.8, 4) is 0 Å². The smallest absolute Gasteiger partial charge is 0.410 e. The van der Waals surface area contributed by atoms with Crippen molar-refractivity contribution in [2.24, 2.45) is 5.10 Å². The summed E-state index contributed by atoms with van der Waals surface area (Å²) in [6.07, 6.45) is -5.43. The van der Waals surface area contributed by atoms with Crippen LogP contribution in [-0.4, -0.2) is 33.7 Å². The molecule has 0 saturated carbocycles. The predicted octanol–water partition coefficient (Wildman–Crippen LogP) is 6.05. The van der Waals surface area contributed by atoms with Gasteiger partial charge in [-0.25, -0.2) is 4.39 Å². The van der Waals surface area contributed by atoms with Gasteiger partial charge in [0.25, 0.3) is 11.1 Å². The molecular weight excluding hydrogens is 557 g/mol. The van der Waals surface area contributed by atoms with E-state index >= 15 is 0 Å². The number of benzene rings is 2. The van der Waals surface area contributed by atoms with E-state index in [9.17, 15) is 22.4 Å². The second kappa shape index (κ2) is 9.84. The summed E-state index contributed by atoms with van der Waals surface area (Å²) in [5, 5.41) is 13.6. The fraction of sp³-hybridized carbons (Fsp3) is 0.200. The normalized spacial score (nSPS) is 17.7. The SMILES string of the molecule is O=C(CSc1nnc(C2=NNC(c3cc(Cl)cc(Cl)c3)(C(F)(F)F)C2)o1)Nc1ccc(F)c(Cl)c1. The highest BCUT2D eigenvalue weighted by atomic mass is 35.5. The van der Waals surface area contributed by atoms with Crippen LogP contribution in [0.5, 0.6) is 0 Å². The molecule has 0 aliphatic carbocycles. The van der Waals surface area contributed by atoms with Crippen molar-refractivity contribution in [3.63, 3.8) is 0 Å². The van der Waals surface area contributed by atoms with E-state index in [1.807, 2.05) is 0 Å². The van der Waals surface area contributed by atoms with Gasteiger partial charge in [-0.2, -0.15) is 18.3 Å². The molecule has 4 rings (SSSR count). The Hall–Kier alpha value is -2.54. The van der Waals surface area contributed by atoms with E-state index in [1.54, 1.807) is 0 Å². The third-order valence-corrected chi connectivity index (χ3v) is 6.38. The molecule has 15 heteroatoms. The quantitative estimate of drug-likeness (QED) is 0.278. The molecule has 3 aromatic rings. The van der Waals surface area contributed by atoms with Crippen molar-refractivity contribution in [1.82, 2.24) is 15.6 Å². The minimum Gasteiger partial charge on any atom is -0.410 e. The lowest BCUT2D eigenvalue weighted by Crippen LogP contribution is -2.49. The zero-order valence-electron chi connectivity index (χ0n) is 17.1. The number of hydrazone groups is 1. The van der Waals surface area contributed by atoms with Gasteiger partial charge in [0.1, 0.15) is 11.5 Å². The van der Waals surface area contributed by atoms with E-state index in [1.165, 1.54) is 18.2 Å². The number of carbonyl (C=O) groups excluding carboxylic acids is 1. The molecule has 1 amide bonds. The second-order valence-corrected chi connectivity index (χ2v) is 9.45. The van der Waals surface area contributed by atoms with Gasteiger partial charge in [0, 0.05) is 22.2 Å². The highest BCUT2D eigenvalue weighted by molar-refractivity contribution is 7.99. The molecule has 0 spiro atoms. The third-order valence-electron chi connectivity index (χ3n) is 4.84. The molecule has 0 fully saturated rings. The lowest BCUT2D eigenvalue weighted by Gasteiger charge is -2.31. The Kier molecular flexibility index (Phi) is 7.18. The van der Waals surface area contributed by atoms with Crippen LogP contribution >= 0.6 is 46.6 Å². The van der Waals surface area contributed by atoms with Crippen LogP contribution in [0.15, 0.2) is 51.1 Å². The molecule has 2 heterocycles. The number of alkyl halides is 3. The summed E-state index contributed by atoms with van der Waals surface area (Å²) in [6, 6.07) is 7.29. The summed E-state index contributed by atoms with van der Waals surface area (Å²) in [6.45, 7) is 0. The number of amides is 1. The van der Waals surface area contributed by atoms with Crippen LogP contribution in [0.3, 0.4) is 0 Å². The molecule has 1 unspecified atom stereocenters. The summed E-state index contributed by atoms with van der Waals surface area (Å²) >= 11 is 18.3. The number of halogens is 7. The lowest BCUT2D eigenvalue weighted by molar-refractivity contribution is -0.196.